The van der Waals surface area contributed by atoms with Gasteiger partial charge in [0.25, 0.3) is 5.56 Å². The Bertz CT molecular complexity index is 997. The lowest BCUT2D eigenvalue weighted by molar-refractivity contribution is 0.774. The second kappa shape index (κ2) is 7.01. The first-order valence-corrected chi connectivity index (χ1v) is 8.62. The maximum Gasteiger partial charge on any atom is 0.251 e. The fourth-order valence-corrected chi connectivity index (χ4v) is 2.99. The van der Waals surface area contributed by atoms with Crippen LogP contribution in [-0.2, 0) is 13.5 Å². The van der Waals surface area contributed by atoms with Gasteiger partial charge in [-0.05, 0) is 43.0 Å². The highest BCUT2D eigenvalue weighted by Crippen LogP contribution is 2.21. The molecule has 25 heavy (non-hydrogen) atoms. The number of fused-ring (bicyclic) bond motifs is 1. The van der Waals surface area contributed by atoms with E-state index in [-0.39, 0.29) is 5.56 Å². The van der Waals surface area contributed by atoms with Crippen molar-refractivity contribution in [2.75, 3.05) is 0 Å². The smallest absolute Gasteiger partial charge is 0.251 e. The molecular formula is C19H23N5O. The van der Waals surface area contributed by atoms with Gasteiger partial charge in [0.15, 0.2) is 5.65 Å². The summed E-state index contributed by atoms with van der Waals surface area (Å²) in [5.74, 6) is 0.640. The summed E-state index contributed by atoms with van der Waals surface area (Å²) in [5.41, 5.74) is 4.50. The summed E-state index contributed by atoms with van der Waals surface area (Å²) in [4.78, 5) is 23.9. The Hall–Kier alpha value is -2.76. The highest BCUT2D eigenvalue weighted by Gasteiger charge is 2.09. The largest absolute Gasteiger partial charge is 0.307 e. The van der Waals surface area contributed by atoms with Crippen molar-refractivity contribution >= 4 is 22.7 Å². The minimum absolute atomic E-state index is 0.107. The third-order valence-corrected chi connectivity index (χ3v) is 4.21. The molecule has 3 heterocycles. The molecule has 0 bridgehead atoms. The molecule has 3 aromatic rings. The fraction of sp³-hybridized carbons (Fsp3) is 0.368. The summed E-state index contributed by atoms with van der Waals surface area (Å²) >= 11 is 0. The molecule has 0 amide bonds. The van der Waals surface area contributed by atoms with E-state index in [4.69, 9.17) is 0 Å². The molecule has 130 valence electrons. The molecule has 6 heteroatoms. The number of allylic oxidation sites excluding steroid dienone is 1. The van der Waals surface area contributed by atoms with Crippen LogP contribution in [0, 0.1) is 6.92 Å². The maximum atomic E-state index is 11.9. The number of nitrogens with zero attached hydrogens (tertiary/aromatic N) is 4. The number of hydrogen-bond donors (Lipinski definition) is 1. The van der Waals surface area contributed by atoms with Gasteiger partial charge in [-0.25, -0.2) is 9.97 Å². The van der Waals surface area contributed by atoms with Gasteiger partial charge < -0.3 is 4.98 Å². The summed E-state index contributed by atoms with van der Waals surface area (Å²) < 4.78 is 1.78. The fourth-order valence-electron chi connectivity index (χ4n) is 2.99. The van der Waals surface area contributed by atoms with Gasteiger partial charge in [0, 0.05) is 30.4 Å². The Kier molecular flexibility index (Phi) is 4.79. The van der Waals surface area contributed by atoms with Crippen molar-refractivity contribution in [2.45, 2.75) is 40.0 Å². The molecule has 0 aliphatic carbocycles. The number of rotatable bonds is 5. The average molecular weight is 337 g/mol. The van der Waals surface area contributed by atoms with E-state index in [0.717, 1.165) is 52.8 Å². The first kappa shape index (κ1) is 17.1. The Morgan fingerprint density at radius 3 is 2.84 bits per heavy atom. The number of aryl methyl sites for hydroxylation is 3. The number of pyridine rings is 1. The average Bonchev–Trinajstić information content (AvgIpc) is 2.86. The van der Waals surface area contributed by atoms with Crippen molar-refractivity contribution in [3.63, 3.8) is 0 Å². The van der Waals surface area contributed by atoms with E-state index in [1.54, 1.807) is 10.7 Å². The van der Waals surface area contributed by atoms with Gasteiger partial charge in [0.05, 0.1) is 5.69 Å². The second-order valence-electron chi connectivity index (χ2n) is 6.21. The van der Waals surface area contributed by atoms with Crippen LogP contribution in [0.3, 0.4) is 0 Å². The van der Waals surface area contributed by atoms with Gasteiger partial charge in [0.2, 0.25) is 0 Å². The Morgan fingerprint density at radius 2 is 2.12 bits per heavy atom. The van der Waals surface area contributed by atoms with Crippen molar-refractivity contribution in [3.8, 4) is 0 Å². The van der Waals surface area contributed by atoms with Crippen molar-refractivity contribution < 1.29 is 0 Å². The van der Waals surface area contributed by atoms with Gasteiger partial charge in [0.1, 0.15) is 5.82 Å². The first-order valence-electron chi connectivity index (χ1n) is 8.62. The third-order valence-electron chi connectivity index (χ3n) is 4.21. The SMILES string of the molecule is CCCc1cc(=O)[nH]c(C(=Cc2cnc3c(c2)c(C)nn3C)CC)n1. The number of H-pyrrole nitrogens is 1. The van der Waals surface area contributed by atoms with Crippen molar-refractivity contribution in [3.05, 3.63) is 51.5 Å². The molecule has 0 saturated carbocycles. The molecule has 0 unspecified atom stereocenters. The summed E-state index contributed by atoms with van der Waals surface area (Å²) in [5, 5.41) is 5.44. The van der Waals surface area contributed by atoms with Crippen LogP contribution in [-0.4, -0.2) is 24.7 Å². The van der Waals surface area contributed by atoms with E-state index >= 15 is 0 Å². The van der Waals surface area contributed by atoms with Gasteiger partial charge >= 0.3 is 0 Å². The van der Waals surface area contributed by atoms with Crippen LogP contribution in [0.15, 0.2) is 23.1 Å². The summed E-state index contributed by atoms with van der Waals surface area (Å²) in [6.07, 6.45) is 6.39. The van der Waals surface area contributed by atoms with Crippen molar-refractivity contribution in [2.24, 2.45) is 7.05 Å². The Balaban J connectivity index is 2.06. The standard InChI is InChI=1S/C19H23N5O/c1-5-7-15-10-17(25)22-18(21-15)14(6-2)8-13-9-16-12(3)23-24(4)19(16)20-11-13/h8-11H,5-7H2,1-4H3,(H,21,22,25). The third kappa shape index (κ3) is 3.52. The van der Waals surface area contributed by atoms with Crippen LogP contribution in [0.4, 0.5) is 0 Å². The molecule has 1 N–H and O–H groups in total. The van der Waals surface area contributed by atoms with E-state index in [1.807, 2.05) is 26.2 Å². The molecule has 0 saturated heterocycles. The zero-order valence-corrected chi connectivity index (χ0v) is 15.1. The van der Waals surface area contributed by atoms with Gasteiger partial charge in [-0.2, -0.15) is 5.10 Å². The molecule has 3 rings (SSSR count). The topological polar surface area (TPSA) is 76.5 Å². The number of aromatic nitrogens is 5. The lowest BCUT2D eigenvalue weighted by Crippen LogP contribution is -2.12. The molecule has 0 aliphatic heterocycles. The molecule has 6 nitrogen and oxygen atoms in total. The van der Waals surface area contributed by atoms with Gasteiger partial charge in [-0.3, -0.25) is 9.48 Å². The monoisotopic (exact) mass is 337 g/mol. The van der Waals surface area contributed by atoms with Gasteiger partial charge in [-0.1, -0.05) is 20.3 Å². The van der Waals surface area contributed by atoms with E-state index in [0.29, 0.717) is 5.82 Å². The molecule has 0 radical (unpaired) electrons. The van der Waals surface area contributed by atoms with Gasteiger partial charge in [-0.15, -0.1) is 0 Å². The highest BCUT2D eigenvalue weighted by molar-refractivity contribution is 5.84. The summed E-state index contributed by atoms with van der Waals surface area (Å²) in [6, 6.07) is 3.65. The van der Waals surface area contributed by atoms with Crippen LogP contribution in [0.2, 0.25) is 0 Å². The number of aromatic amines is 1. The predicted octanol–water partition coefficient (Wildman–Crippen LogP) is 3.26. The maximum absolute atomic E-state index is 11.9. The molecule has 0 aromatic carbocycles. The molecule has 3 aromatic heterocycles. The van der Waals surface area contributed by atoms with E-state index in [9.17, 15) is 4.79 Å². The first-order chi connectivity index (χ1) is 12.0. The minimum atomic E-state index is -0.107. The molecule has 0 spiro atoms. The molecule has 0 atom stereocenters. The highest BCUT2D eigenvalue weighted by atomic mass is 16.1. The van der Waals surface area contributed by atoms with E-state index < -0.39 is 0 Å². The lowest BCUT2D eigenvalue weighted by atomic mass is 10.1. The normalized spacial score (nSPS) is 12.1. The quantitative estimate of drug-likeness (QED) is 0.775. The zero-order chi connectivity index (χ0) is 18.0. The van der Waals surface area contributed by atoms with Crippen molar-refractivity contribution in [1.82, 2.24) is 24.7 Å². The summed E-state index contributed by atoms with van der Waals surface area (Å²) in [6.45, 7) is 6.11. The molecule has 0 aliphatic rings. The Labute approximate surface area is 146 Å². The van der Waals surface area contributed by atoms with E-state index in [2.05, 4.69) is 40.0 Å². The number of nitrogens with one attached hydrogen (secondary N) is 1. The second-order valence-corrected chi connectivity index (χ2v) is 6.21. The van der Waals surface area contributed by atoms with Crippen LogP contribution >= 0.6 is 0 Å². The van der Waals surface area contributed by atoms with Crippen LogP contribution < -0.4 is 5.56 Å². The molecular weight excluding hydrogens is 314 g/mol. The van der Waals surface area contributed by atoms with E-state index in [1.165, 1.54) is 0 Å². The summed E-state index contributed by atoms with van der Waals surface area (Å²) in [7, 11) is 1.89. The van der Waals surface area contributed by atoms with Crippen LogP contribution in [0.25, 0.3) is 22.7 Å². The molecule has 0 fully saturated rings. The zero-order valence-electron chi connectivity index (χ0n) is 15.1. The van der Waals surface area contributed by atoms with Crippen molar-refractivity contribution in [1.29, 1.82) is 0 Å². The van der Waals surface area contributed by atoms with Crippen LogP contribution in [0.5, 0.6) is 0 Å². The minimum Gasteiger partial charge on any atom is -0.307 e. The number of hydrogen-bond acceptors (Lipinski definition) is 4. The lowest BCUT2D eigenvalue weighted by Gasteiger charge is -2.07. The Morgan fingerprint density at radius 1 is 1.32 bits per heavy atom. The van der Waals surface area contributed by atoms with Crippen LogP contribution in [0.1, 0.15) is 49.5 Å². The predicted molar refractivity (Wildman–Crippen MR) is 100 cm³/mol.